The molecule has 0 atom stereocenters. The number of nitrogens with one attached hydrogen (secondary N) is 2. The smallest absolute Gasteiger partial charge is 0.123 e. The quantitative estimate of drug-likeness (QED) is 0.685. The van der Waals surface area contributed by atoms with E-state index < -0.39 is 0 Å². The topological polar surface area (TPSA) is 36.5 Å². The molecule has 2 fully saturated rings. The van der Waals surface area contributed by atoms with Gasteiger partial charge in [-0.1, -0.05) is 24.6 Å². The number of para-hydroxylation sites is 1. The van der Waals surface area contributed by atoms with Crippen LogP contribution < -0.4 is 15.4 Å². The maximum absolute atomic E-state index is 6.61. The normalized spacial score (nSPS) is 21.1. The highest BCUT2D eigenvalue weighted by Crippen LogP contribution is 2.41. The molecule has 4 heteroatoms. The van der Waals surface area contributed by atoms with Crippen LogP contribution in [-0.4, -0.2) is 42.7 Å². The second-order valence-electron chi connectivity index (χ2n) is 8.95. The first-order valence-electron chi connectivity index (χ1n) is 11.4. The van der Waals surface area contributed by atoms with E-state index in [1.54, 1.807) is 0 Å². The van der Waals surface area contributed by atoms with E-state index >= 15 is 0 Å². The molecule has 2 aromatic carbocycles. The zero-order valence-corrected chi connectivity index (χ0v) is 17.3. The molecule has 0 radical (unpaired) electrons. The van der Waals surface area contributed by atoms with Crippen LogP contribution in [0.4, 0.5) is 11.4 Å². The molecule has 1 spiro atoms. The Morgan fingerprint density at radius 2 is 1.66 bits per heavy atom. The summed E-state index contributed by atoms with van der Waals surface area (Å²) in [6.07, 6.45) is 8.92. The van der Waals surface area contributed by atoms with Crippen LogP contribution in [-0.2, 0) is 6.42 Å². The average molecular weight is 392 g/mol. The standard InChI is InChI=1S/C25H33N3O/c1-2-5-21(6-3-1)26-15-16-27-22-9-10-24-20(19-22)11-12-25(29-24)13-17-28(18-14-25)23-7-4-8-23/h1-3,5-6,9-10,19,23,26-27H,4,7-8,11-18H2. The second-order valence-corrected chi connectivity index (χ2v) is 8.95. The molecule has 154 valence electrons. The summed E-state index contributed by atoms with van der Waals surface area (Å²) in [6.45, 7) is 4.23. The summed E-state index contributed by atoms with van der Waals surface area (Å²) in [5.74, 6) is 1.11. The lowest BCUT2D eigenvalue weighted by atomic mass is 9.81. The van der Waals surface area contributed by atoms with E-state index in [1.807, 2.05) is 6.07 Å². The molecular weight excluding hydrogens is 358 g/mol. The van der Waals surface area contributed by atoms with Gasteiger partial charge in [0.25, 0.3) is 0 Å². The van der Waals surface area contributed by atoms with Crippen molar-refractivity contribution in [2.24, 2.45) is 0 Å². The van der Waals surface area contributed by atoms with Crippen molar-refractivity contribution in [3.63, 3.8) is 0 Å². The molecule has 4 nitrogen and oxygen atoms in total. The summed E-state index contributed by atoms with van der Waals surface area (Å²) >= 11 is 0. The van der Waals surface area contributed by atoms with Crippen molar-refractivity contribution in [1.29, 1.82) is 0 Å². The number of hydrogen-bond donors (Lipinski definition) is 2. The predicted molar refractivity (Wildman–Crippen MR) is 120 cm³/mol. The summed E-state index contributed by atoms with van der Waals surface area (Å²) in [4.78, 5) is 2.71. The predicted octanol–water partition coefficient (Wildman–Crippen LogP) is 4.92. The van der Waals surface area contributed by atoms with E-state index in [4.69, 9.17) is 4.74 Å². The highest BCUT2D eigenvalue weighted by molar-refractivity contribution is 5.52. The third-order valence-corrected chi connectivity index (χ3v) is 7.09. The Hall–Kier alpha value is -2.20. The minimum atomic E-state index is 0.0851. The first-order chi connectivity index (χ1) is 14.3. The average Bonchev–Trinajstić information content (AvgIpc) is 2.73. The van der Waals surface area contributed by atoms with Gasteiger partial charge in [-0.3, -0.25) is 0 Å². The third-order valence-electron chi connectivity index (χ3n) is 7.09. The fourth-order valence-corrected chi connectivity index (χ4v) is 5.00. The van der Waals surface area contributed by atoms with E-state index in [-0.39, 0.29) is 5.60 Å². The minimum absolute atomic E-state index is 0.0851. The van der Waals surface area contributed by atoms with Crippen molar-refractivity contribution in [3.05, 3.63) is 54.1 Å². The molecule has 5 rings (SSSR count). The van der Waals surface area contributed by atoms with Crippen molar-refractivity contribution in [1.82, 2.24) is 4.90 Å². The van der Waals surface area contributed by atoms with Gasteiger partial charge in [-0.2, -0.15) is 0 Å². The van der Waals surface area contributed by atoms with Crippen molar-refractivity contribution < 1.29 is 4.74 Å². The Morgan fingerprint density at radius 1 is 0.897 bits per heavy atom. The highest BCUT2D eigenvalue weighted by atomic mass is 16.5. The largest absolute Gasteiger partial charge is 0.487 e. The van der Waals surface area contributed by atoms with Gasteiger partial charge in [-0.05, 0) is 74.4 Å². The molecule has 29 heavy (non-hydrogen) atoms. The molecule has 1 aliphatic carbocycles. The summed E-state index contributed by atoms with van der Waals surface area (Å²) in [6, 6.07) is 17.9. The monoisotopic (exact) mass is 391 g/mol. The lowest BCUT2D eigenvalue weighted by Crippen LogP contribution is -2.53. The van der Waals surface area contributed by atoms with Crippen LogP contribution in [0.3, 0.4) is 0 Å². The van der Waals surface area contributed by atoms with Gasteiger partial charge in [-0.15, -0.1) is 0 Å². The Labute approximate surface area is 174 Å². The van der Waals surface area contributed by atoms with E-state index in [2.05, 4.69) is 58.0 Å². The summed E-state index contributed by atoms with van der Waals surface area (Å²) in [5.41, 5.74) is 3.81. The van der Waals surface area contributed by atoms with Gasteiger partial charge in [-0.25, -0.2) is 0 Å². The molecule has 0 aromatic heterocycles. The number of aryl methyl sites for hydroxylation is 1. The maximum Gasteiger partial charge on any atom is 0.123 e. The number of benzene rings is 2. The molecule has 0 unspecified atom stereocenters. The molecule has 0 amide bonds. The van der Waals surface area contributed by atoms with Crippen LogP contribution >= 0.6 is 0 Å². The van der Waals surface area contributed by atoms with Crippen LogP contribution in [0.5, 0.6) is 5.75 Å². The fourth-order valence-electron chi connectivity index (χ4n) is 5.00. The van der Waals surface area contributed by atoms with Crippen LogP contribution in [0, 0.1) is 0 Å². The fraction of sp³-hybridized carbons (Fsp3) is 0.520. The van der Waals surface area contributed by atoms with E-state index in [9.17, 15) is 0 Å². The van der Waals surface area contributed by atoms with Gasteiger partial charge >= 0.3 is 0 Å². The minimum Gasteiger partial charge on any atom is -0.487 e. The number of fused-ring (bicyclic) bond motifs is 1. The molecule has 2 aromatic rings. The number of ether oxygens (including phenoxy) is 1. The SMILES string of the molecule is c1ccc(NCCNc2ccc3c(c2)CCC2(CCN(C4CCC4)CC2)O3)cc1. The first kappa shape index (κ1) is 18.8. The summed E-state index contributed by atoms with van der Waals surface area (Å²) < 4.78 is 6.61. The molecule has 1 saturated carbocycles. The van der Waals surface area contributed by atoms with Gasteiger partial charge in [0, 0.05) is 43.6 Å². The Kier molecular flexibility index (Phi) is 5.36. The second kappa shape index (κ2) is 8.27. The van der Waals surface area contributed by atoms with E-state index in [0.29, 0.717) is 0 Å². The Balaban J connectivity index is 1.13. The van der Waals surface area contributed by atoms with Crippen molar-refractivity contribution in [3.8, 4) is 5.75 Å². The zero-order valence-electron chi connectivity index (χ0n) is 17.3. The van der Waals surface area contributed by atoms with Gasteiger partial charge in [0.2, 0.25) is 0 Å². The third kappa shape index (κ3) is 4.23. The molecule has 2 heterocycles. The molecule has 2 aliphatic heterocycles. The lowest BCUT2D eigenvalue weighted by Gasteiger charge is -2.48. The molecule has 2 N–H and O–H groups in total. The Morgan fingerprint density at radius 3 is 2.38 bits per heavy atom. The molecule has 0 bridgehead atoms. The number of nitrogens with zero attached hydrogens (tertiary/aromatic N) is 1. The number of likely N-dealkylation sites (tertiary alicyclic amines) is 1. The van der Waals surface area contributed by atoms with E-state index in [0.717, 1.165) is 37.7 Å². The van der Waals surface area contributed by atoms with Crippen molar-refractivity contribution in [2.75, 3.05) is 36.8 Å². The van der Waals surface area contributed by atoms with Gasteiger partial charge in [0.15, 0.2) is 0 Å². The van der Waals surface area contributed by atoms with Crippen molar-refractivity contribution in [2.45, 2.75) is 56.6 Å². The molecular formula is C25H33N3O. The lowest BCUT2D eigenvalue weighted by molar-refractivity contribution is -0.0336. The van der Waals surface area contributed by atoms with Crippen LogP contribution in [0.2, 0.25) is 0 Å². The van der Waals surface area contributed by atoms with Crippen LogP contribution in [0.25, 0.3) is 0 Å². The Bertz CT molecular complexity index is 810. The number of rotatable bonds is 6. The van der Waals surface area contributed by atoms with Crippen LogP contribution in [0.1, 0.15) is 44.1 Å². The number of hydrogen-bond acceptors (Lipinski definition) is 4. The van der Waals surface area contributed by atoms with Crippen LogP contribution in [0.15, 0.2) is 48.5 Å². The highest BCUT2D eigenvalue weighted by Gasteiger charge is 2.41. The number of anilines is 2. The van der Waals surface area contributed by atoms with E-state index in [1.165, 1.54) is 62.1 Å². The summed E-state index contributed by atoms with van der Waals surface area (Å²) in [7, 11) is 0. The van der Waals surface area contributed by atoms with Gasteiger partial charge < -0.3 is 20.3 Å². The number of piperidine rings is 1. The first-order valence-corrected chi connectivity index (χ1v) is 11.4. The van der Waals surface area contributed by atoms with Gasteiger partial charge in [0.1, 0.15) is 11.4 Å². The maximum atomic E-state index is 6.61. The zero-order chi connectivity index (χ0) is 19.5. The summed E-state index contributed by atoms with van der Waals surface area (Å²) in [5, 5.41) is 6.99. The molecule has 3 aliphatic rings. The van der Waals surface area contributed by atoms with Gasteiger partial charge in [0.05, 0.1) is 0 Å². The molecule has 1 saturated heterocycles. The van der Waals surface area contributed by atoms with Crippen molar-refractivity contribution >= 4 is 11.4 Å².